The molecule has 1 aliphatic rings. The first-order valence-corrected chi connectivity index (χ1v) is 7.75. The molecular formula is C15H17FN4S. The van der Waals surface area contributed by atoms with Crippen molar-refractivity contribution in [2.24, 2.45) is 10.7 Å². The van der Waals surface area contributed by atoms with Crippen molar-refractivity contribution in [3.63, 3.8) is 0 Å². The SMILES string of the molecule is CN(C(N)=NCc1nc(-c2ccccc2F)cs1)C1CC1. The molecule has 0 saturated heterocycles. The summed E-state index contributed by atoms with van der Waals surface area (Å²) in [5.41, 5.74) is 7.11. The third-order valence-electron chi connectivity index (χ3n) is 3.53. The molecule has 21 heavy (non-hydrogen) atoms. The number of nitrogens with two attached hydrogens (primary N) is 1. The Morgan fingerprint density at radius 3 is 2.95 bits per heavy atom. The van der Waals surface area contributed by atoms with E-state index >= 15 is 0 Å². The Bertz CT molecular complexity index is 663. The highest BCUT2D eigenvalue weighted by molar-refractivity contribution is 7.09. The van der Waals surface area contributed by atoms with Gasteiger partial charge in [0, 0.05) is 24.0 Å². The molecule has 3 rings (SSSR count). The second-order valence-corrected chi connectivity index (χ2v) is 6.07. The van der Waals surface area contributed by atoms with Gasteiger partial charge in [-0.25, -0.2) is 14.4 Å². The number of thiazole rings is 1. The number of rotatable bonds is 4. The van der Waals surface area contributed by atoms with Crippen molar-refractivity contribution < 1.29 is 4.39 Å². The van der Waals surface area contributed by atoms with Crippen LogP contribution in [0.15, 0.2) is 34.6 Å². The molecule has 0 aliphatic heterocycles. The van der Waals surface area contributed by atoms with E-state index < -0.39 is 0 Å². The van der Waals surface area contributed by atoms with E-state index in [9.17, 15) is 4.39 Å². The Morgan fingerprint density at radius 2 is 2.24 bits per heavy atom. The third kappa shape index (κ3) is 3.21. The lowest BCUT2D eigenvalue weighted by Gasteiger charge is -2.16. The van der Waals surface area contributed by atoms with Gasteiger partial charge in [-0.1, -0.05) is 12.1 Å². The van der Waals surface area contributed by atoms with Gasteiger partial charge in [0.2, 0.25) is 0 Å². The number of halogens is 1. The predicted octanol–water partition coefficient (Wildman–Crippen LogP) is 2.86. The Hall–Kier alpha value is -1.95. The fraction of sp³-hybridized carbons (Fsp3) is 0.333. The molecule has 2 N–H and O–H groups in total. The van der Waals surface area contributed by atoms with E-state index in [2.05, 4.69) is 9.98 Å². The van der Waals surface area contributed by atoms with Gasteiger partial charge in [-0.15, -0.1) is 11.3 Å². The van der Waals surface area contributed by atoms with Crippen LogP contribution in [0.25, 0.3) is 11.3 Å². The normalized spacial score (nSPS) is 15.2. The zero-order chi connectivity index (χ0) is 14.8. The van der Waals surface area contributed by atoms with Crippen LogP contribution in [0.1, 0.15) is 17.8 Å². The maximum absolute atomic E-state index is 13.7. The van der Waals surface area contributed by atoms with E-state index in [0.717, 1.165) is 5.01 Å². The van der Waals surface area contributed by atoms with E-state index in [1.165, 1.54) is 30.2 Å². The van der Waals surface area contributed by atoms with E-state index in [-0.39, 0.29) is 5.82 Å². The summed E-state index contributed by atoms with van der Waals surface area (Å²) in [4.78, 5) is 10.8. The number of benzene rings is 1. The van der Waals surface area contributed by atoms with Crippen molar-refractivity contribution in [2.75, 3.05) is 7.05 Å². The van der Waals surface area contributed by atoms with Crippen molar-refractivity contribution in [3.05, 3.63) is 40.5 Å². The van der Waals surface area contributed by atoms with E-state index in [1.807, 2.05) is 17.3 Å². The van der Waals surface area contributed by atoms with Gasteiger partial charge in [0.15, 0.2) is 5.96 Å². The molecule has 0 amide bonds. The van der Waals surface area contributed by atoms with Gasteiger partial charge >= 0.3 is 0 Å². The summed E-state index contributed by atoms with van der Waals surface area (Å²) >= 11 is 1.47. The smallest absolute Gasteiger partial charge is 0.191 e. The number of nitrogens with zero attached hydrogens (tertiary/aromatic N) is 3. The van der Waals surface area contributed by atoms with Gasteiger partial charge in [-0.05, 0) is 25.0 Å². The lowest BCUT2D eigenvalue weighted by Crippen LogP contribution is -2.35. The van der Waals surface area contributed by atoms with Crippen molar-refractivity contribution in [2.45, 2.75) is 25.4 Å². The third-order valence-corrected chi connectivity index (χ3v) is 4.37. The van der Waals surface area contributed by atoms with Gasteiger partial charge in [0.1, 0.15) is 10.8 Å². The molecule has 2 aromatic rings. The molecule has 6 heteroatoms. The zero-order valence-corrected chi connectivity index (χ0v) is 12.6. The quantitative estimate of drug-likeness (QED) is 0.698. The highest BCUT2D eigenvalue weighted by atomic mass is 32.1. The Kier molecular flexibility index (Phi) is 3.88. The van der Waals surface area contributed by atoms with Gasteiger partial charge in [0.25, 0.3) is 0 Å². The average molecular weight is 304 g/mol. The predicted molar refractivity (Wildman–Crippen MR) is 83.6 cm³/mol. The second kappa shape index (κ2) is 5.81. The van der Waals surface area contributed by atoms with Gasteiger partial charge < -0.3 is 10.6 Å². The Morgan fingerprint density at radius 1 is 1.48 bits per heavy atom. The number of hydrogen-bond donors (Lipinski definition) is 1. The highest BCUT2D eigenvalue weighted by Crippen LogP contribution is 2.26. The topological polar surface area (TPSA) is 54.5 Å². The number of aliphatic imine (C=N–C) groups is 1. The van der Waals surface area contributed by atoms with Crippen LogP contribution in [-0.4, -0.2) is 28.9 Å². The number of guanidine groups is 1. The van der Waals surface area contributed by atoms with Crippen LogP contribution >= 0.6 is 11.3 Å². The maximum atomic E-state index is 13.7. The van der Waals surface area contributed by atoms with Crippen molar-refractivity contribution >= 4 is 17.3 Å². The largest absolute Gasteiger partial charge is 0.370 e. The molecule has 0 unspecified atom stereocenters. The monoisotopic (exact) mass is 304 g/mol. The van der Waals surface area contributed by atoms with Crippen LogP contribution in [-0.2, 0) is 6.54 Å². The van der Waals surface area contributed by atoms with Crippen LogP contribution in [0.2, 0.25) is 0 Å². The van der Waals surface area contributed by atoms with Crippen molar-refractivity contribution in [1.29, 1.82) is 0 Å². The van der Waals surface area contributed by atoms with Gasteiger partial charge in [-0.3, -0.25) is 0 Å². The van der Waals surface area contributed by atoms with Crippen molar-refractivity contribution in [3.8, 4) is 11.3 Å². The maximum Gasteiger partial charge on any atom is 0.191 e. The molecule has 1 aromatic carbocycles. The Balaban J connectivity index is 1.71. The molecule has 1 fully saturated rings. The van der Waals surface area contributed by atoms with Crippen LogP contribution in [0, 0.1) is 5.82 Å². The summed E-state index contributed by atoms with van der Waals surface area (Å²) in [5.74, 6) is 0.283. The van der Waals surface area contributed by atoms with E-state index in [1.54, 1.807) is 18.2 Å². The molecule has 0 bridgehead atoms. The van der Waals surface area contributed by atoms with Crippen LogP contribution in [0.5, 0.6) is 0 Å². The summed E-state index contributed by atoms with van der Waals surface area (Å²) in [7, 11) is 1.96. The first kappa shape index (κ1) is 14.0. The lowest BCUT2D eigenvalue weighted by atomic mass is 10.2. The van der Waals surface area contributed by atoms with Gasteiger partial charge in [0.05, 0.1) is 12.2 Å². The molecule has 4 nitrogen and oxygen atoms in total. The molecule has 0 atom stereocenters. The second-order valence-electron chi connectivity index (χ2n) is 5.12. The minimum atomic E-state index is -0.258. The fourth-order valence-corrected chi connectivity index (χ4v) is 2.80. The van der Waals surface area contributed by atoms with E-state index in [4.69, 9.17) is 5.73 Å². The zero-order valence-electron chi connectivity index (χ0n) is 11.8. The minimum absolute atomic E-state index is 0.258. The summed E-state index contributed by atoms with van der Waals surface area (Å²) in [6.07, 6.45) is 2.36. The van der Waals surface area contributed by atoms with Crippen LogP contribution < -0.4 is 5.73 Å². The molecule has 1 saturated carbocycles. The molecule has 1 heterocycles. The Labute approximate surface area is 127 Å². The first-order chi connectivity index (χ1) is 10.1. The lowest BCUT2D eigenvalue weighted by molar-refractivity contribution is 0.487. The fourth-order valence-electron chi connectivity index (χ4n) is 2.09. The van der Waals surface area contributed by atoms with E-state index in [0.29, 0.717) is 29.8 Å². The average Bonchev–Trinajstić information content (AvgIpc) is 3.23. The number of aromatic nitrogens is 1. The summed E-state index contributed by atoms with van der Waals surface area (Å²) < 4.78 is 13.7. The van der Waals surface area contributed by atoms with Gasteiger partial charge in [-0.2, -0.15) is 0 Å². The molecule has 110 valence electrons. The summed E-state index contributed by atoms with van der Waals surface area (Å²) in [6, 6.07) is 7.18. The molecule has 0 radical (unpaired) electrons. The molecule has 1 aromatic heterocycles. The first-order valence-electron chi connectivity index (χ1n) is 6.87. The van der Waals surface area contributed by atoms with Crippen LogP contribution in [0.3, 0.4) is 0 Å². The summed E-state index contributed by atoms with van der Waals surface area (Å²) in [5, 5.41) is 2.68. The number of hydrogen-bond acceptors (Lipinski definition) is 3. The minimum Gasteiger partial charge on any atom is -0.370 e. The highest BCUT2D eigenvalue weighted by Gasteiger charge is 2.27. The molecular weight excluding hydrogens is 287 g/mol. The summed E-state index contributed by atoms with van der Waals surface area (Å²) in [6.45, 7) is 0.433. The molecule has 1 aliphatic carbocycles. The molecule has 0 spiro atoms. The standard InChI is InChI=1S/C15H17FN4S/c1-20(10-6-7-10)15(17)18-8-14-19-13(9-21-14)11-4-2-3-5-12(11)16/h2-5,9-10H,6-8H2,1H3,(H2,17,18). The van der Waals surface area contributed by atoms with Crippen LogP contribution in [0.4, 0.5) is 4.39 Å². The van der Waals surface area contributed by atoms with Crippen molar-refractivity contribution in [1.82, 2.24) is 9.88 Å².